The molecule has 1 aliphatic rings. The summed E-state index contributed by atoms with van der Waals surface area (Å²) in [5.74, 6) is 0.864. The van der Waals surface area contributed by atoms with Crippen LogP contribution in [0.5, 0.6) is 0 Å². The summed E-state index contributed by atoms with van der Waals surface area (Å²) in [7, 11) is 0. The molecule has 242 valence electrons. The van der Waals surface area contributed by atoms with Crippen molar-refractivity contribution in [2.24, 2.45) is 4.99 Å². The maximum Gasteiger partial charge on any atom is 0.135 e. The van der Waals surface area contributed by atoms with Gasteiger partial charge in [0.25, 0.3) is 0 Å². The first-order valence-electron chi connectivity index (χ1n) is 17.2. The third-order valence-electron chi connectivity index (χ3n) is 10.2. The fraction of sp³-hybridized carbons (Fsp3) is 0.0444. The van der Waals surface area contributed by atoms with Gasteiger partial charge < -0.3 is 9.73 Å². The monoisotopic (exact) mass is 691 g/mol. The Morgan fingerprint density at radius 2 is 1.25 bits per heavy atom. The molecule has 0 saturated heterocycles. The SMILES string of the molecule is c1ccc(C2=NC(c3ccc4sc5ccc(-c6cccc7c6sc6ccccc67)cc5c4c3)NC(c3cccc4oc5ccccc5c34)N2)cc1. The van der Waals surface area contributed by atoms with Gasteiger partial charge in [0.2, 0.25) is 0 Å². The molecule has 2 N–H and O–H groups in total. The molecule has 0 fully saturated rings. The fourth-order valence-electron chi connectivity index (χ4n) is 7.78. The third-order valence-corrected chi connectivity index (χ3v) is 12.6. The van der Waals surface area contributed by atoms with Gasteiger partial charge in [-0.05, 0) is 59.2 Å². The normalized spacial score (nSPS) is 16.4. The molecule has 0 radical (unpaired) electrons. The lowest BCUT2D eigenvalue weighted by Crippen LogP contribution is -2.45. The number of amidine groups is 1. The van der Waals surface area contributed by atoms with Gasteiger partial charge in [-0.25, -0.2) is 4.99 Å². The summed E-state index contributed by atoms with van der Waals surface area (Å²) in [6.45, 7) is 0. The molecule has 0 aliphatic carbocycles. The van der Waals surface area contributed by atoms with E-state index in [1.54, 1.807) is 0 Å². The maximum absolute atomic E-state index is 6.28. The average molecular weight is 692 g/mol. The number of nitrogens with zero attached hydrogens (tertiary/aromatic N) is 1. The number of rotatable bonds is 4. The van der Waals surface area contributed by atoms with E-state index in [0.29, 0.717) is 0 Å². The van der Waals surface area contributed by atoms with Crippen LogP contribution in [0.3, 0.4) is 0 Å². The minimum Gasteiger partial charge on any atom is -0.456 e. The summed E-state index contributed by atoms with van der Waals surface area (Å²) in [6.07, 6.45) is -0.467. The van der Waals surface area contributed by atoms with E-state index >= 15 is 0 Å². The van der Waals surface area contributed by atoms with Crippen molar-refractivity contribution in [3.05, 3.63) is 168 Å². The molecule has 1 aliphatic heterocycles. The zero-order chi connectivity index (χ0) is 33.5. The van der Waals surface area contributed by atoms with Crippen LogP contribution >= 0.6 is 22.7 Å². The molecule has 11 rings (SSSR count). The highest BCUT2D eigenvalue weighted by Gasteiger charge is 2.28. The van der Waals surface area contributed by atoms with Crippen molar-refractivity contribution in [1.82, 2.24) is 10.6 Å². The van der Waals surface area contributed by atoms with Crippen LogP contribution in [0.1, 0.15) is 29.0 Å². The van der Waals surface area contributed by atoms with Crippen LogP contribution in [0.2, 0.25) is 0 Å². The van der Waals surface area contributed by atoms with Crippen molar-refractivity contribution < 1.29 is 4.42 Å². The van der Waals surface area contributed by atoms with Gasteiger partial charge in [-0.15, -0.1) is 22.7 Å². The molecule has 0 amide bonds. The second-order valence-electron chi connectivity index (χ2n) is 13.2. The second kappa shape index (κ2) is 11.4. The molecular formula is C45H29N3OS2. The Hall–Kier alpha value is -5.79. The Labute approximate surface area is 301 Å². The Kier molecular flexibility index (Phi) is 6.46. The van der Waals surface area contributed by atoms with E-state index in [9.17, 15) is 0 Å². The van der Waals surface area contributed by atoms with Crippen molar-refractivity contribution in [1.29, 1.82) is 0 Å². The van der Waals surface area contributed by atoms with Crippen LogP contribution < -0.4 is 10.6 Å². The zero-order valence-electron chi connectivity index (χ0n) is 27.3. The minimum absolute atomic E-state index is 0.198. The highest BCUT2D eigenvalue weighted by atomic mass is 32.1. The molecule has 0 saturated carbocycles. The first kappa shape index (κ1) is 29.0. The van der Waals surface area contributed by atoms with E-state index in [1.165, 1.54) is 51.5 Å². The number of thiophene rings is 2. The number of hydrogen-bond acceptors (Lipinski definition) is 6. The fourth-order valence-corrected chi connectivity index (χ4v) is 10.1. The minimum atomic E-state index is -0.269. The summed E-state index contributed by atoms with van der Waals surface area (Å²) in [6, 6.07) is 54.2. The molecule has 2 unspecified atom stereocenters. The second-order valence-corrected chi connectivity index (χ2v) is 15.3. The topological polar surface area (TPSA) is 49.6 Å². The van der Waals surface area contributed by atoms with Crippen molar-refractivity contribution in [3.8, 4) is 11.1 Å². The highest BCUT2D eigenvalue weighted by molar-refractivity contribution is 7.26. The summed E-state index contributed by atoms with van der Waals surface area (Å²) in [5, 5.41) is 15.0. The molecule has 3 aromatic heterocycles. The molecule has 6 heteroatoms. The van der Waals surface area contributed by atoms with Crippen LogP contribution in [-0.2, 0) is 0 Å². The van der Waals surface area contributed by atoms with Crippen molar-refractivity contribution >= 4 is 90.8 Å². The Morgan fingerprint density at radius 3 is 2.18 bits per heavy atom. The molecular weight excluding hydrogens is 663 g/mol. The van der Waals surface area contributed by atoms with Crippen molar-refractivity contribution in [3.63, 3.8) is 0 Å². The molecule has 0 bridgehead atoms. The van der Waals surface area contributed by atoms with E-state index in [-0.39, 0.29) is 12.3 Å². The molecule has 7 aromatic carbocycles. The molecule has 4 nitrogen and oxygen atoms in total. The van der Waals surface area contributed by atoms with Crippen LogP contribution in [-0.4, -0.2) is 5.84 Å². The molecule has 10 aromatic rings. The van der Waals surface area contributed by atoms with Gasteiger partial charge in [-0.3, -0.25) is 5.32 Å². The average Bonchev–Trinajstić information content (AvgIpc) is 3.89. The van der Waals surface area contributed by atoms with Crippen LogP contribution in [0.25, 0.3) is 73.4 Å². The number of furan rings is 1. The van der Waals surface area contributed by atoms with Crippen LogP contribution in [0.15, 0.2) is 161 Å². The molecule has 0 spiro atoms. The summed E-state index contributed by atoms with van der Waals surface area (Å²) >= 11 is 3.73. The van der Waals surface area contributed by atoms with Gasteiger partial charge >= 0.3 is 0 Å². The van der Waals surface area contributed by atoms with Crippen LogP contribution in [0.4, 0.5) is 0 Å². The Balaban J connectivity index is 1.05. The number of hydrogen-bond donors (Lipinski definition) is 2. The van der Waals surface area contributed by atoms with E-state index in [1.807, 2.05) is 40.9 Å². The lowest BCUT2D eigenvalue weighted by atomic mass is 9.99. The summed E-state index contributed by atoms with van der Waals surface area (Å²) in [4.78, 5) is 5.30. The first-order valence-corrected chi connectivity index (χ1v) is 18.8. The first-order chi connectivity index (χ1) is 25.2. The Bertz CT molecular complexity index is 3010. The lowest BCUT2D eigenvalue weighted by Gasteiger charge is -2.32. The van der Waals surface area contributed by atoms with Crippen molar-refractivity contribution in [2.45, 2.75) is 12.3 Å². The number of fused-ring (bicyclic) bond motifs is 9. The van der Waals surface area contributed by atoms with Crippen molar-refractivity contribution in [2.75, 3.05) is 0 Å². The smallest absolute Gasteiger partial charge is 0.135 e. The third kappa shape index (κ3) is 4.65. The van der Waals surface area contributed by atoms with Gasteiger partial charge in [-0.2, -0.15) is 0 Å². The van der Waals surface area contributed by atoms with E-state index in [2.05, 4.69) is 144 Å². The maximum atomic E-state index is 6.28. The standard InChI is InChI=1S/C45H29N3OS2/c1-2-10-26(11-3-1)43-46-44(48-45(47-43)33-16-9-18-37-41(33)32-13-4-6-17-36(32)49-37)28-21-23-40-35(25-28)34-24-27(20-22-39(34)50-40)29-14-8-15-31-30-12-5-7-19-38(30)51-42(29)31/h1-25,44-45,48H,(H,46,47). The lowest BCUT2D eigenvalue weighted by molar-refractivity contribution is 0.411. The number of aliphatic imine (C=N–C) groups is 1. The van der Waals surface area contributed by atoms with Crippen LogP contribution in [0, 0.1) is 0 Å². The predicted molar refractivity (Wildman–Crippen MR) is 216 cm³/mol. The highest BCUT2D eigenvalue weighted by Crippen LogP contribution is 2.43. The van der Waals surface area contributed by atoms with Gasteiger partial charge in [0.15, 0.2) is 0 Å². The zero-order valence-corrected chi connectivity index (χ0v) is 28.9. The van der Waals surface area contributed by atoms with Gasteiger partial charge in [0.1, 0.15) is 29.3 Å². The van der Waals surface area contributed by atoms with E-state index in [4.69, 9.17) is 9.41 Å². The van der Waals surface area contributed by atoms with Gasteiger partial charge in [0.05, 0.1) is 0 Å². The van der Waals surface area contributed by atoms with Gasteiger partial charge in [-0.1, -0.05) is 109 Å². The van der Waals surface area contributed by atoms with E-state index in [0.717, 1.165) is 44.5 Å². The molecule has 51 heavy (non-hydrogen) atoms. The van der Waals surface area contributed by atoms with Gasteiger partial charge in [0, 0.05) is 62.2 Å². The predicted octanol–water partition coefficient (Wildman–Crippen LogP) is 12.3. The number of nitrogens with one attached hydrogen (secondary N) is 2. The largest absolute Gasteiger partial charge is 0.456 e. The molecule has 4 heterocycles. The Morgan fingerprint density at radius 1 is 0.529 bits per heavy atom. The summed E-state index contributed by atoms with van der Waals surface area (Å²) in [5.41, 5.74) is 7.62. The number of para-hydroxylation sites is 1. The summed E-state index contributed by atoms with van der Waals surface area (Å²) < 4.78 is 11.5. The quantitative estimate of drug-likeness (QED) is 0.193. The number of benzene rings is 7. The van der Waals surface area contributed by atoms with E-state index < -0.39 is 0 Å². The molecule has 2 atom stereocenters.